The Bertz CT molecular complexity index is 509. The Morgan fingerprint density at radius 2 is 2.18 bits per heavy atom. The molecule has 2 unspecified atom stereocenters. The van der Waals surface area contributed by atoms with E-state index < -0.39 is 6.61 Å². The Morgan fingerprint density at radius 1 is 1.45 bits per heavy atom. The molecule has 1 saturated heterocycles. The Kier molecular flexibility index (Phi) is 5.71. The predicted molar refractivity (Wildman–Crippen MR) is 79.7 cm³/mol. The van der Waals surface area contributed by atoms with Crippen LogP contribution in [0, 0.1) is 5.92 Å². The van der Waals surface area contributed by atoms with E-state index in [1.54, 1.807) is 23.1 Å². The second-order valence-electron chi connectivity index (χ2n) is 5.76. The van der Waals surface area contributed by atoms with Crippen molar-refractivity contribution in [3.63, 3.8) is 0 Å². The van der Waals surface area contributed by atoms with Gasteiger partial charge in [0.25, 0.3) is 0 Å². The van der Waals surface area contributed by atoms with Crippen molar-refractivity contribution in [2.45, 2.75) is 38.8 Å². The lowest BCUT2D eigenvalue weighted by molar-refractivity contribution is -0.132. The van der Waals surface area contributed by atoms with Crippen LogP contribution in [0.2, 0.25) is 0 Å². The first-order valence-corrected chi connectivity index (χ1v) is 7.53. The highest BCUT2D eigenvalue weighted by molar-refractivity contribution is 5.79. The number of rotatable bonds is 5. The number of carbonyl (C=O) groups excluding carboxylic acids is 1. The summed E-state index contributed by atoms with van der Waals surface area (Å²) in [5, 5.41) is 0. The highest BCUT2D eigenvalue weighted by atomic mass is 19.3. The molecule has 1 aromatic rings. The molecule has 1 aliphatic heterocycles. The number of hydrogen-bond acceptors (Lipinski definition) is 3. The second-order valence-corrected chi connectivity index (χ2v) is 5.76. The number of nitrogens with two attached hydrogens (primary N) is 1. The van der Waals surface area contributed by atoms with Crippen LogP contribution in [0.15, 0.2) is 24.3 Å². The Morgan fingerprint density at radius 3 is 2.86 bits per heavy atom. The summed E-state index contributed by atoms with van der Waals surface area (Å²) in [6, 6.07) is 6.46. The van der Waals surface area contributed by atoms with Gasteiger partial charge in [-0.1, -0.05) is 18.2 Å². The minimum Gasteiger partial charge on any atom is -0.435 e. The molecule has 4 nitrogen and oxygen atoms in total. The summed E-state index contributed by atoms with van der Waals surface area (Å²) in [6.45, 7) is 0.382. The minimum absolute atomic E-state index is 0.0463. The molecule has 2 atom stereocenters. The van der Waals surface area contributed by atoms with Crippen LogP contribution in [0.4, 0.5) is 8.78 Å². The molecule has 6 heteroatoms. The predicted octanol–water partition coefficient (Wildman–Crippen LogP) is 2.42. The fourth-order valence-electron chi connectivity index (χ4n) is 2.80. The molecule has 1 heterocycles. The number of hydrogen-bond donors (Lipinski definition) is 1. The average molecular weight is 312 g/mol. The molecular weight excluding hydrogens is 290 g/mol. The zero-order chi connectivity index (χ0) is 16.1. The number of benzene rings is 1. The van der Waals surface area contributed by atoms with Crippen molar-refractivity contribution in [3.05, 3.63) is 29.8 Å². The molecule has 22 heavy (non-hydrogen) atoms. The Hall–Kier alpha value is -1.69. The fourth-order valence-corrected chi connectivity index (χ4v) is 2.80. The first-order chi connectivity index (χ1) is 10.5. The highest BCUT2D eigenvalue weighted by Crippen LogP contribution is 2.23. The van der Waals surface area contributed by atoms with E-state index in [1.807, 2.05) is 6.92 Å². The topological polar surface area (TPSA) is 55.6 Å². The maximum atomic E-state index is 12.4. The lowest BCUT2D eigenvalue weighted by Crippen LogP contribution is -2.45. The molecular formula is C16H22F2N2O2. The summed E-state index contributed by atoms with van der Waals surface area (Å²) < 4.78 is 29.3. The van der Waals surface area contributed by atoms with E-state index in [-0.39, 0.29) is 24.1 Å². The normalized spacial score (nSPS) is 20.0. The first-order valence-electron chi connectivity index (χ1n) is 7.53. The summed E-state index contributed by atoms with van der Waals surface area (Å²) in [5.74, 6) is 0.285. The van der Waals surface area contributed by atoms with Gasteiger partial charge in [0.1, 0.15) is 5.75 Å². The molecule has 0 spiro atoms. The van der Waals surface area contributed by atoms with E-state index in [0.29, 0.717) is 24.6 Å². The van der Waals surface area contributed by atoms with Crippen LogP contribution in [0.3, 0.4) is 0 Å². The lowest BCUT2D eigenvalue weighted by atomic mass is 9.92. The number of carbonyl (C=O) groups is 1. The molecule has 0 saturated carbocycles. The van der Waals surface area contributed by atoms with Crippen LogP contribution in [0.5, 0.6) is 5.75 Å². The summed E-state index contributed by atoms with van der Waals surface area (Å²) >= 11 is 0. The lowest BCUT2D eigenvalue weighted by Gasteiger charge is -2.34. The van der Waals surface area contributed by atoms with Crippen LogP contribution in [0.25, 0.3) is 0 Å². The smallest absolute Gasteiger partial charge is 0.387 e. The third kappa shape index (κ3) is 4.40. The van der Waals surface area contributed by atoms with E-state index in [0.717, 1.165) is 12.8 Å². The zero-order valence-electron chi connectivity index (χ0n) is 12.7. The van der Waals surface area contributed by atoms with Gasteiger partial charge in [0.15, 0.2) is 0 Å². The van der Waals surface area contributed by atoms with E-state index >= 15 is 0 Å². The van der Waals surface area contributed by atoms with Gasteiger partial charge in [-0.25, -0.2) is 0 Å². The molecule has 1 aliphatic rings. The molecule has 1 fully saturated rings. The van der Waals surface area contributed by atoms with Crippen molar-refractivity contribution in [1.29, 1.82) is 0 Å². The van der Waals surface area contributed by atoms with Gasteiger partial charge in [-0.2, -0.15) is 8.78 Å². The van der Waals surface area contributed by atoms with Gasteiger partial charge < -0.3 is 15.4 Å². The quantitative estimate of drug-likeness (QED) is 0.908. The highest BCUT2D eigenvalue weighted by Gasteiger charge is 2.26. The monoisotopic (exact) mass is 312 g/mol. The first kappa shape index (κ1) is 16.7. The Labute approximate surface area is 129 Å². The van der Waals surface area contributed by atoms with Gasteiger partial charge in [0.2, 0.25) is 5.91 Å². The number of amides is 1. The molecule has 1 aromatic carbocycles. The summed E-state index contributed by atoms with van der Waals surface area (Å²) in [5.41, 5.74) is 6.40. The van der Waals surface area contributed by atoms with Crippen LogP contribution in [-0.4, -0.2) is 36.5 Å². The number of ether oxygens (including phenoxy) is 1. The molecule has 2 rings (SSSR count). The van der Waals surface area contributed by atoms with Crippen LogP contribution >= 0.6 is 0 Å². The summed E-state index contributed by atoms with van der Waals surface area (Å²) in [7, 11) is 0. The van der Waals surface area contributed by atoms with Crippen molar-refractivity contribution < 1.29 is 18.3 Å². The number of nitrogens with zero attached hydrogens (tertiary/aromatic N) is 1. The third-order valence-electron chi connectivity index (χ3n) is 4.08. The van der Waals surface area contributed by atoms with Crippen LogP contribution in [0.1, 0.15) is 25.3 Å². The van der Waals surface area contributed by atoms with Crippen molar-refractivity contribution >= 4 is 5.91 Å². The number of halogens is 2. The minimum atomic E-state index is -2.89. The molecule has 0 radical (unpaired) electrons. The van der Waals surface area contributed by atoms with E-state index in [4.69, 9.17) is 5.73 Å². The maximum Gasteiger partial charge on any atom is 0.387 e. The number of piperidine rings is 1. The molecule has 0 aliphatic carbocycles. The second kappa shape index (κ2) is 7.54. The molecule has 0 bridgehead atoms. The van der Waals surface area contributed by atoms with E-state index in [9.17, 15) is 13.6 Å². The van der Waals surface area contributed by atoms with Gasteiger partial charge in [-0.15, -0.1) is 0 Å². The molecule has 1 amide bonds. The number of para-hydroxylation sites is 1. The standard InChI is InChI=1S/C16H22F2N2O2/c1-11(19)13-6-4-8-20(10-13)15(21)9-12-5-2-3-7-14(12)22-16(17)18/h2-3,5,7,11,13,16H,4,6,8-10,19H2,1H3. The van der Waals surface area contributed by atoms with Gasteiger partial charge in [0.05, 0.1) is 6.42 Å². The maximum absolute atomic E-state index is 12.4. The largest absolute Gasteiger partial charge is 0.435 e. The zero-order valence-corrected chi connectivity index (χ0v) is 12.7. The van der Waals surface area contributed by atoms with Crippen molar-refractivity contribution in [3.8, 4) is 5.75 Å². The SMILES string of the molecule is CC(N)C1CCCN(C(=O)Cc2ccccc2OC(F)F)C1. The Balaban J connectivity index is 2.02. The summed E-state index contributed by atoms with van der Waals surface area (Å²) in [6.07, 6.45) is 2.01. The average Bonchev–Trinajstić information content (AvgIpc) is 2.49. The number of alkyl halides is 2. The van der Waals surface area contributed by atoms with Gasteiger partial charge >= 0.3 is 6.61 Å². The fraction of sp³-hybridized carbons (Fsp3) is 0.562. The van der Waals surface area contributed by atoms with Crippen molar-refractivity contribution in [1.82, 2.24) is 4.90 Å². The van der Waals surface area contributed by atoms with Gasteiger partial charge in [0, 0.05) is 24.7 Å². The summed E-state index contributed by atoms with van der Waals surface area (Å²) in [4.78, 5) is 14.2. The third-order valence-corrected chi connectivity index (χ3v) is 4.08. The van der Waals surface area contributed by atoms with Crippen LogP contribution in [-0.2, 0) is 11.2 Å². The molecule has 122 valence electrons. The number of likely N-dealkylation sites (tertiary alicyclic amines) is 1. The van der Waals surface area contributed by atoms with Crippen molar-refractivity contribution in [2.75, 3.05) is 13.1 Å². The van der Waals surface area contributed by atoms with Gasteiger partial charge in [-0.05, 0) is 31.7 Å². The molecule has 0 aromatic heterocycles. The molecule has 2 N–H and O–H groups in total. The van der Waals surface area contributed by atoms with Crippen LogP contribution < -0.4 is 10.5 Å². The van der Waals surface area contributed by atoms with Crippen molar-refractivity contribution in [2.24, 2.45) is 11.7 Å². The van der Waals surface area contributed by atoms with E-state index in [1.165, 1.54) is 6.07 Å². The van der Waals surface area contributed by atoms with Gasteiger partial charge in [-0.3, -0.25) is 4.79 Å². The van der Waals surface area contributed by atoms with E-state index in [2.05, 4.69) is 4.74 Å².